The normalized spacial score (nSPS) is 14.8. The summed E-state index contributed by atoms with van der Waals surface area (Å²) in [5.41, 5.74) is 0.208. The summed E-state index contributed by atoms with van der Waals surface area (Å²) in [6.07, 6.45) is -5.23. The second-order valence-corrected chi connectivity index (χ2v) is 6.85. The maximum absolute atomic E-state index is 12.2. The lowest BCUT2D eigenvalue weighted by Crippen LogP contribution is -2.35. The molecule has 0 aromatic heterocycles. The van der Waals surface area contributed by atoms with Crippen molar-refractivity contribution in [1.82, 2.24) is 5.32 Å². The summed E-state index contributed by atoms with van der Waals surface area (Å²) in [5, 5.41) is 12.7. The van der Waals surface area contributed by atoms with Crippen molar-refractivity contribution in [2.24, 2.45) is 5.41 Å². The molecule has 1 unspecified atom stereocenters. The first-order chi connectivity index (χ1) is 10.9. The highest BCUT2D eigenvalue weighted by Gasteiger charge is 2.28. The van der Waals surface area contributed by atoms with E-state index in [-0.39, 0.29) is 18.1 Å². The van der Waals surface area contributed by atoms with Crippen LogP contribution in [-0.2, 0) is 4.79 Å². The first-order valence-electron chi connectivity index (χ1n) is 7.65. The summed E-state index contributed by atoms with van der Waals surface area (Å²) in [5.74, 6) is -0.243. The number of aliphatic hydroxyl groups is 1. The Morgan fingerprint density at radius 1 is 1.29 bits per heavy atom. The molecule has 0 heterocycles. The van der Waals surface area contributed by atoms with E-state index < -0.39 is 30.3 Å². The highest BCUT2D eigenvalue weighted by atomic mass is 19.4. The van der Waals surface area contributed by atoms with E-state index in [0.29, 0.717) is 5.56 Å². The molecule has 2 N–H and O–H groups in total. The molecule has 1 aromatic carbocycles. The third-order valence-corrected chi connectivity index (χ3v) is 3.52. The number of carbonyl (C=O) groups is 1. The lowest BCUT2D eigenvalue weighted by Gasteiger charge is -2.26. The van der Waals surface area contributed by atoms with Gasteiger partial charge < -0.3 is 15.2 Å². The number of amides is 1. The number of hydrogen-bond acceptors (Lipinski definition) is 3. The summed E-state index contributed by atoms with van der Waals surface area (Å²) < 4.78 is 41.3. The minimum atomic E-state index is -4.40. The molecule has 2 atom stereocenters. The minimum Gasteiger partial charge on any atom is -0.484 e. The SMILES string of the molecule is C[C@H](NC(=O)CC(O)C(C)(C)C)c1cccc(OCC(F)(F)F)c1. The second-order valence-electron chi connectivity index (χ2n) is 6.85. The summed E-state index contributed by atoms with van der Waals surface area (Å²) in [6.45, 7) is 5.83. The smallest absolute Gasteiger partial charge is 0.422 e. The van der Waals surface area contributed by atoms with Gasteiger partial charge in [0.05, 0.1) is 18.6 Å². The quantitative estimate of drug-likeness (QED) is 0.827. The van der Waals surface area contributed by atoms with Crippen molar-refractivity contribution in [3.8, 4) is 5.75 Å². The van der Waals surface area contributed by atoms with Gasteiger partial charge in [0.25, 0.3) is 0 Å². The maximum atomic E-state index is 12.2. The number of alkyl halides is 3. The molecule has 0 spiro atoms. The summed E-state index contributed by atoms with van der Waals surface area (Å²) in [4.78, 5) is 12.0. The van der Waals surface area contributed by atoms with Crippen LogP contribution in [0.2, 0.25) is 0 Å². The Balaban J connectivity index is 2.64. The number of hydrogen-bond donors (Lipinski definition) is 2. The third kappa shape index (κ3) is 7.21. The molecule has 0 aliphatic heterocycles. The van der Waals surface area contributed by atoms with Gasteiger partial charge in [-0.2, -0.15) is 13.2 Å². The van der Waals surface area contributed by atoms with Crippen molar-refractivity contribution >= 4 is 5.91 Å². The van der Waals surface area contributed by atoms with Crippen LogP contribution >= 0.6 is 0 Å². The van der Waals surface area contributed by atoms with Gasteiger partial charge in [-0.05, 0) is 30.0 Å². The standard InChI is InChI=1S/C17H24F3NO3/c1-11(21-15(23)9-14(22)16(2,3)4)12-6-5-7-13(8-12)24-10-17(18,19)20/h5-8,11,14,22H,9-10H2,1-4H3,(H,21,23)/t11-,14?/m0/s1. The topological polar surface area (TPSA) is 58.6 Å². The van der Waals surface area contributed by atoms with Gasteiger partial charge in [0, 0.05) is 0 Å². The van der Waals surface area contributed by atoms with E-state index in [0.717, 1.165) is 0 Å². The zero-order valence-corrected chi connectivity index (χ0v) is 14.3. The Labute approximate surface area is 140 Å². The van der Waals surface area contributed by atoms with Crippen molar-refractivity contribution in [2.75, 3.05) is 6.61 Å². The lowest BCUT2D eigenvalue weighted by atomic mass is 9.87. The van der Waals surface area contributed by atoms with Gasteiger partial charge in [0.15, 0.2) is 6.61 Å². The molecule has 1 aromatic rings. The van der Waals surface area contributed by atoms with Gasteiger partial charge in [0.1, 0.15) is 5.75 Å². The molecule has 136 valence electrons. The molecule has 0 bridgehead atoms. The zero-order valence-electron chi connectivity index (χ0n) is 14.3. The fourth-order valence-corrected chi connectivity index (χ4v) is 1.90. The molecule has 1 amide bonds. The Hall–Kier alpha value is -1.76. The van der Waals surface area contributed by atoms with Crippen molar-refractivity contribution < 1.29 is 27.8 Å². The molecule has 7 heteroatoms. The van der Waals surface area contributed by atoms with Crippen LogP contribution in [0.1, 0.15) is 45.7 Å². The molecular formula is C17H24F3NO3. The number of rotatable bonds is 6. The Bertz CT molecular complexity index is 553. The highest BCUT2D eigenvalue weighted by Crippen LogP contribution is 2.24. The van der Waals surface area contributed by atoms with E-state index >= 15 is 0 Å². The van der Waals surface area contributed by atoms with Crippen LogP contribution in [0.4, 0.5) is 13.2 Å². The third-order valence-electron chi connectivity index (χ3n) is 3.52. The van der Waals surface area contributed by atoms with Crippen molar-refractivity contribution in [2.45, 2.75) is 52.4 Å². The van der Waals surface area contributed by atoms with Crippen molar-refractivity contribution in [3.63, 3.8) is 0 Å². The predicted molar refractivity (Wildman–Crippen MR) is 84.6 cm³/mol. The molecule has 0 aliphatic carbocycles. The second kappa shape index (κ2) is 7.88. The van der Waals surface area contributed by atoms with Crippen LogP contribution in [0.3, 0.4) is 0 Å². The molecule has 0 radical (unpaired) electrons. The van der Waals surface area contributed by atoms with Crippen LogP contribution < -0.4 is 10.1 Å². The highest BCUT2D eigenvalue weighted by molar-refractivity contribution is 5.77. The number of ether oxygens (including phenoxy) is 1. The van der Waals surface area contributed by atoms with Crippen LogP contribution in [0.5, 0.6) is 5.75 Å². The van der Waals surface area contributed by atoms with E-state index in [2.05, 4.69) is 5.32 Å². The average molecular weight is 347 g/mol. The van der Waals surface area contributed by atoms with Gasteiger partial charge in [-0.15, -0.1) is 0 Å². The Morgan fingerprint density at radius 3 is 2.46 bits per heavy atom. The molecule has 0 saturated carbocycles. The summed E-state index contributed by atoms with van der Waals surface area (Å²) in [7, 11) is 0. The molecule has 1 rings (SSSR count). The minimum absolute atomic E-state index is 0.0435. The first-order valence-corrected chi connectivity index (χ1v) is 7.65. The summed E-state index contributed by atoms with van der Waals surface area (Å²) >= 11 is 0. The van der Waals surface area contributed by atoms with Gasteiger partial charge in [-0.3, -0.25) is 4.79 Å². The largest absolute Gasteiger partial charge is 0.484 e. The van der Waals surface area contributed by atoms with Gasteiger partial charge >= 0.3 is 6.18 Å². The van der Waals surface area contributed by atoms with Crippen molar-refractivity contribution in [1.29, 1.82) is 0 Å². The summed E-state index contributed by atoms with van der Waals surface area (Å²) in [6, 6.07) is 5.71. The average Bonchev–Trinajstić information content (AvgIpc) is 2.43. The van der Waals surface area contributed by atoms with Crippen LogP contribution in [0.15, 0.2) is 24.3 Å². The number of halogens is 3. The monoisotopic (exact) mass is 347 g/mol. The fraction of sp³-hybridized carbons (Fsp3) is 0.588. The lowest BCUT2D eigenvalue weighted by molar-refractivity contribution is -0.153. The Morgan fingerprint density at radius 2 is 1.92 bits per heavy atom. The number of nitrogens with one attached hydrogen (secondary N) is 1. The molecule has 24 heavy (non-hydrogen) atoms. The molecule has 0 aliphatic rings. The molecule has 0 saturated heterocycles. The van der Waals surface area contributed by atoms with Crippen LogP contribution in [0, 0.1) is 5.41 Å². The maximum Gasteiger partial charge on any atom is 0.422 e. The van der Waals surface area contributed by atoms with E-state index in [9.17, 15) is 23.1 Å². The van der Waals surface area contributed by atoms with Crippen LogP contribution in [-0.4, -0.2) is 29.9 Å². The Kier molecular flexibility index (Phi) is 6.66. The van der Waals surface area contributed by atoms with Gasteiger partial charge in [0.2, 0.25) is 5.91 Å². The molecule has 4 nitrogen and oxygen atoms in total. The van der Waals surface area contributed by atoms with E-state index in [1.807, 2.05) is 20.8 Å². The predicted octanol–water partition coefficient (Wildman–Crippen LogP) is 3.60. The number of benzene rings is 1. The molecule has 0 fully saturated rings. The zero-order chi connectivity index (χ0) is 18.5. The van der Waals surface area contributed by atoms with E-state index in [1.165, 1.54) is 12.1 Å². The van der Waals surface area contributed by atoms with Gasteiger partial charge in [-0.25, -0.2) is 0 Å². The van der Waals surface area contributed by atoms with E-state index in [4.69, 9.17) is 4.74 Å². The van der Waals surface area contributed by atoms with Crippen LogP contribution in [0.25, 0.3) is 0 Å². The van der Waals surface area contributed by atoms with Crippen molar-refractivity contribution in [3.05, 3.63) is 29.8 Å². The van der Waals surface area contributed by atoms with E-state index in [1.54, 1.807) is 19.1 Å². The molecular weight excluding hydrogens is 323 g/mol. The fourth-order valence-electron chi connectivity index (χ4n) is 1.90. The number of aliphatic hydroxyl groups excluding tert-OH is 1. The first kappa shape index (κ1) is 20.3. The number of carbonyl (C=O) groups excluding carboxylic acids is 1. The van der Waals surface area contributed by atoms with Gasteiger partial charge in [-0.1, -0.05) is 32.9 Å².